The van der Waals surface area contributed by atoms with Crippen molar-refractivity contribution < 1.29 is 4.79 Å². The molecule has 0 N–H and O–H groups in total. The van der Waals surface area contributed by atoms with Crippen molar-refractivity contribution in [3.63, 3.8) is 0 Å². The number of rotatable bonds is 1. The summed E-state index contributed by atoms with van der Waals surface area (Å²) in [4.78, 5) is 10.7. The van der Waals surface area contributed by atoms with Crippen molar-refractivity contribution >= 4 is 15.6 Å². The lowest BCUT2D eigenvalue weighted by atomic mass is 10.1. The van der Waals surface area contributed by atoms with Crippen molar-refractivity contribution in [2.24, 2.45) is 0 Å². The molecule has 0 unspecified atom stereocenters. The van der Waals surface area contributed by atoms with Gasteiger partial charge in [0, 0.05) is 0 Å². The molecule has 0 spiro atoms. The molecule has 0 aromatic heterocycles. The first-order chi connectivity index (χ1) is 4.29. The van der Waals surface area contributed by atoms with Crippen LogP contribution in [-0.2, 0) is 4.79 Å². The number of hydrogen-bond acceptors (Lipinski definition) is 1. The fraction of sp³-hybridized carbons (Fsp3) is 0.500. The van der Waals surface area contributed by atoms with E-state index in [1.54, 1.807) is 4.57 Å². The summed E-state index contributed by atoms with van der Waals surface area (Å²) in [5.74, 6) is 2.74. The molecule has 1 atom stereocenters. The summed E-state index contributed by atoms with van der Waals surface area (Å²) in [7, 11) is 0.527. The molecular weight excluding hydrogens is 130 g/mol. The highest BCUT2D eigenvalue weighted by Crippen LogP contribution is 2.15. The molecule has 0 aromatic carbocycles. The van der Waals surface area contributed by atoms with E-state index >= 15 is 0 Å². The molecule has 1 fully saturated rings. The van der Waals surface area contributed by atoms with Crippen molar-refractivity contribution in [3.8, 4) is 12.3 Å². The molecule has 1 heterocycles. The largest absolute Gasteiger partial charge is 0.357 e. The van der Waals surface area contributed by atoms with Gasteiger partial charge in [0.1, 0.15) is 0 Å². The Bertz CT molecular complexity index is 172. The monoisotopic (exact) mass is 137 g/mol. The second kappa shape index (κ2) is 2.24. The third-order valence-corrected chi connectivity index (χ3v) is 2.42. The minimum atomic E-state index is 0.0980. The Balaban J connectivity index is 2.50. The Morgan fingerprint density at radius 3 is 2.89 bits per heavy atom. The van der Waals surface area contributed by atoms with Crippen LogP contribution in [0.25, 0.3) is 0 Å². The van der Waals surface area contributed by atoms with Crippen LogP contribution in [-0.4, -0.2) is 26.2 Å². The summed E-state index contributed by atoms with van der Waals surface area (Å²) in [5.41, 5.74) is 0. The van der Waals surface area contributed by atoms with Crippen molar-refractivity contribution in [3.05, 3.63) is 0 Å². The molecule has 1 saturated heterocycles. The predicted octanol–water partition coefficient (Wildman–Crippen LogP) is -0.112. The van der Waals surface area contributed by atoms with Crippen LogP contribution in [0.3, 0.4) is 0 Å². The number of carbonyl (C=O) groups is 1. The topological polar surface area (TPSA) is 20.3 Å². The average Bonchev–Trinajstić information content (AvgIpc) is 1.83. The maximum Gasteiger partial charge on any atom is 0.218 e. The van der Waals surface area contributed by atoms with Gasteiger partial charge >= 0.3 is 0 Å². The Kier molecular flexibility index (Phi) is 1.58. The zero-order valence-electron chi connectivity index (χ0n) is 5.22. The number of nitrogens with zero attached hydrogens (tertiary/aromatic N) is 1. The lowest BCUT2D eigenvalue weighted by Crippen LogP contribution is -2.52. The summed E-state index contributed by atoms with van der Waals surface area (Å²) in [6.45, 7) is 1.96. The Morgan fingerprint density at radius 2 is 2.67 bits per heavy atom. The number of amides is 1. The van der Waals surface area contributed by atoms with Gasteiger partial charge < -0.3 is 4.57 Å². The summed E-state index contributed by atoms with van der Waals surface area (Å²) in [6.07, 6.45) is 5.68. The van der Waals surface area contributed by atoms with Crippen LogP contribution in [0.15, 0.2) is 0 Å². The summed E-state index contributed by atoms with van der Waals surface area (Å²) < 4.78 is 1.72. The summed E-state index contributed by atoms with van der Waals surface area (Å²) in [6, 6.07) is 0.0980. The molecule has 2 nitrogen and oxygen atoms in total. The van der Waals surface area contributed by atoms with Gasteiger partial charge in [0.25, 0.3) is 0 Å². The van der Waals surface area contributed by atoms with Crippen LogP contribution in [0, 0.1) is 12.3 Å². The van der Waals surface area contributed by atoms with E-state index in [0.717, 1.165) is 0 Å². The maximum absolute atomic E-state index is 10.7. The van der Waals surface area contributed by atoms with Crippen molar-refractivity contribution in [2.75, 3.05) is 0 Å². The van der Waals surface area contributed by atoms with Gasteiger partial charge in [-0.3, -0.25) is 4.79 Å². The lowest BCUT2D eigenvalue weighted by Gasteiger charge is -2.35. The van der Waals surface area contributed by atoms with Crippen molar-refractivity contribution in [2.45, 2.75) is 19.0 Å². The fourth-order valence-corrected chi connectivity index (χ4v) is 1.65. The van der Waals surface area contributed by atoms with Crippen LogP contribution in [0.1, 0.15) is 6.42 Å². The molecule has 2 radical (unpaired) electrons. The number of β-lactam (4-membered cyclic amide) rings is 1. The summed E-state index contributed by atoms with van der Waals surface area (Å²) in [5, 5.41) is 0. The van der Waals surface area contributed by atoms with E-state index in [4.69, 9.17) is 6.42 Å². The van der Waals surface area contributed by atoms with E-state index in [-0.39, 0.29) is 11.9 Å². The zero-order chi connectivity index (χ0) is 6.85. The van der Waals surface area contributed by atoms with E-state index in [0.29, 0.717) is 16.1 Å². The number of terminal acetylenes is 1. The van der Waals surface area contributed by atoms with Crippen LogP contribution in [0.2, 0.25) is 6.55 Å². The highest BCUT2D eigenvalue weighted by molar-refractivity contribution is 6.36. The van der Waals surface area contributed by atoms with Gasteiger partial charge in [0.2, 0.25) is 5.91 Å². The second-order valence-corrected chi connectivity index (χ2v) is 2.80. The molecule has 3 heteroatoms. The third-order valence-electron chi connectivity index (χ3n) is 1.38. The van der Waals surface area contributed by atoms with E-state index in [9.17, 15) is 4.79 Å². The van der Waals surface area contributed by atoms with Crippen molar-refractivity contribution in [1.82, 2.24) is 4.57 Å². The molecule has 0 aromatic rings. The molecule has 0 saturated carbocycles. The average molecular weight is 137 g/mol. The number of carbonyl (C=O) groups excluding carboxylic acids is 1. The molecule has 9 heavy (non-hydrogen) atoms. The molecule has 1 rings (SSSR count). The van der Waals surface area contributed by atoms with Gasteiger partial charge in [-0.15, -0.1) is 6.42 Å². The highest BCUT2D eigenvalue weighted by atomic mass is 28.2. The standard InChI is InChI=1S/C6H7NOSi/c1-3-5-4-6(8)7(5)9-2/h1,5H,4H2,2H3/t5-/m1/s1. The van der Waals surface area contributed by atoms with E-state index in [1.165, 1.54) is 0 Å². The molecule has 1 aliphatic heterocycles. The first-order valence-corrected chi connectivity index (χ1v) is 4.20. The van der Waals surface area contributed by atoms with Crippen LogP contribution < -0.4 is 0 Å². The van der Waals surface area contributed by atoms with Gasteiger partial charge in [-0.25, -0.2) is 0 Å². The number of hydrogen-bond donors (Lipinski definition) is 0. The minimum absolute atomic E-state index is 0.0980. The molecule has 0 bridgehead atoms. The first-order valence-electron chi connectivity index (χ1n) is 2.75. The van der Waals surface area contributed by atoms with Crippen molar-refractivity contribution in [1.29, 1.82) is 0 Å². The first kappa shape index (κ1) is 6.37. The van der Waals surface area contributed by atoms with Gasteiger partial charge in [0.15, 0.2) is 9.68 Å². The molecule has 1 amide bonds. The molecular formula is C6H7NOSi. The lowest BCUT2D eigenvalue weighted by molar-refractivity contribution is -0.135. The third kappa shape index (κ3) is 0.858. The van der Waals surface area contributed by atoms with Gasteiger partial charge in [-0.2, -0.15) is 0 Å². The quantitative estimate of drug-likeness (QED) is 0.280. The van der Waals surface area contributed by atoms with Gasteiger partial charge in [0.05, 0.1) is 12.5 Å². The highest BCUT2D eigenvalue weighted by Gasteiger charge is 2.32. The Hall–Kier alpha value is -0.753. The zero-order valence-corrected chi connectivity index (χ0v) is 6.22. The van der Waals surface area contributed by atoms with Crippen LogP contribution >= 0.6 is 0 Å². The van der Waals surface area contributed by atoms with E-state index in [2.05, 4.69) is 5.92 Å². The van der Waals surface area contributed by atoms with Crippen LogP contribution in [0.5, 0.6) is 0 Å². The molecule has 0 aliphatic carbocycles. The fourth-order valence-electron chi connectivity index (χ4n) is 0.830. The van der Waals surface area contributed by atoms with Crippen LogP contribution in [0.4, 0.5) is 0 Å². The van der Waals surface area contributed by atoms with Gasteiger partial charge in [-0.1, -0.05) is 12.5 Å². The predicted molar refractivity (Wildman–Crippen MR) is 35.7 cm³/mol. The minimum Gasteiger partial charge on any atom is -0.357 e. The maximum atomic E-state index is 10.7. The van der Waals surface area contributed by atoms with Gasteiger partial charge in [-0.05, 0) is 0 Å². The normalized spacial score (nSPS) is 25.1. The second-order valence-electron chi connectivity index (χ2n) is 1.87. The smallest absolute Gasteiger partial charge is 0.218 e. The SMILES string of the molecule is C#C[C@@H]1CC(=O)N1[Si]C. The Morgan fingerprint density at radius 1 is 2.00 bits per heavy atom. The Labute approximate surface area is 57.1 Å². The summed E-state index contributed by atoms with van der Waals surface area (Å²) >= 11 is 0. The molecule has 1 aliphatic rings. The van der Waals surface area contributed by atoms with E-state index in [1.807, 2.05) is 6.55 Å². The van der Waals surface area contributed by atoms with E-state index < -0.39 is 0 Å². The molecule has 46 valence electrons.